The minimum absolute atomic E-state index is 0.0954. The van der Waals surface area contributed by atoms with E-state index in [9.17, 15) is 4.79 Å². The first-order valence-corrected chi connectivity index (χ1v) is 6.22. The SMILES string of the molecule is COCC(CO)NC(=O)COc1ccc(Br)cc1. The van der Waals surface area contributed by atoms with Crippen molar-refractivity contribution in [3.8, 4) is 5.75 Å². The van der Waals surface area contributed by atoms with Gasteiger partial charge in [0, 0.05) is 11.6 Å². The molecule has 1 rings (SSSR count). The number of carbonyl (C=O) groups is 1. The van der Waals surface area contributed by atoms with Gasteiger partial charge in [-0.1, -0.05) is 15.9 Å². The number of hydrogen-bond acceptors (Lipinski definition) is 4. The summed E-state index contributed by atoms with van der Waals surface area (Å²) in [7, 11) is 1.51. The molecule has 0 aliphatic rings. The molecule has 0 saturated carbocycles. The van der Waals surface area contributed by atoms with Gasteiger partial charge in [-0.25, -0.2) is 0 Å². The van der Waals surface area contributed by atoms with E-state index in [-0.39, 0.29) is 25.7 Å². The smallest absolute Gasteiger partial charge is 0.258 e. The zero-order valence-corrected chi connectivity index (χ0v) is 11.6. The van der Waals surface area contributed by atoms with Crippen LogP contribution in [0.15, 0.2) is 28.7 Å². The minimum atomic E-state index is -0.406. The van der Waals surface area contributed by atoms with Crippen molar-refractivity contribution in [3.05, 3.63) is 28.7 Å². The van der Waals surface area contributed by atoms with E-state index in [4.69, 9.17) is 14.6 Å². The first kappa shape index (κ1) is 14.9. The molecule has 1 aromatic rings. The topological polar surface area (TPSA) is 67.8 Å². The lowest BCUT2D eigenvalue weighted by Gasteiger charge is -2.15. The Bertz CT molecular complexity index is 369. The number of ether oxygens (including phenoxy) is 2. The Morgan fingerprint density at radius 3 is 2.67 bits per heavy atom. The van der Waals surface area contributed by atoms with Gasteiger partial charge < -0.3 is 19.9 Å². The molecule has 1 atom stereocenters. The normalized spacial score (nSPS) is 11.9. The third-order valence-electron chi connectivity index (χ3n) is 2.14. The number of aliphatic hydroxyl groups is 1. The Hall–Kier alpha value is -1.11. The average Bonchev–Trinajstić information content (AvgIpc) is 2.37. The van der Waals surface area contributed by atoms with Crippen LogP contribution in [0.3, 0.4) is 0 Å². The molecule has 0 bridgehead atoms. The predicted octanol–water partition coefficient (Wildman–Crippen LogP) is 0.951. The second-order valence-corrected chi connectivity index (χ2v) is 4.56. The molecule has 0 saturated heterocycles. The zero-order chi connectivity index (χ0) is 13.4. The van der Waals surface area contributed by atoms with Crippen molar-refractivity contribution >= 4 is 21.8 Å². The Kier molecular flexibility index (Phi) is 6.70. The lowest BCUT2D eigenvalue weighted by molar-refractivity contribution is -0.124. The molecule has 1 aromatic carbocycles. The molecule has 2 N–H and O–H groups in total. The maximum absolute atomic E-state index is 11.5. The van der Waals surface area contributed by atoms with Gasteiger partial charge in [0.1, 0.15) is 5.75 Å². The second kappa shape index (κ2) is 8.07. The highest BCUT2D eigenvalue weighted by Crippen LogP contribution is 2.15. The van der Waals surface area contributed by atoms with Gasteiger partial charge >= 0.3 is 0 Å². The number of amides is 1. The van der Waals surface area contributed by atoms with Gasteiger partial charge in [-0.15, -0.1) is 0 Å². The number of aliphatic hydroxyl groups excluding tert-OH is 1. The highest BCUT2D eigenvalue weighted by Gasteiger charge is 2.11. The fourth-order valence-electron chi connectivity index (χ4n) is 1.29. The number of carbonyl (C=O) groups excluding carboxylic acids is 1. The second-order valence-electron chi connectivity index (χ2n) is 3.64. The van der Waals surface area contributed by atoms with Gasteiger partial charge in [0.15, 0.2) is 6.61 Å². The summed E-state index contributed by atoms with van der Waals surface area (Å²) in [6.45, 7) is 0.000232. The van der Waals surface area contributed by atoms with E-state index in [0.29, 0.717) is 5.75 Å². The van der Waals surface area contributed by atoms with E-state index in [1.54, 1.807) is 12.1 Å². The third-order valence-corrected chi connectivity index (χ3v) is 2.67. The van der Waals surface area contributed by atoms with Crippen molar-refractivity contribution in [2.45, 2.75) is 6.04 Å². The van der Waals surface area contributed by atoms with Crippen LogP contribution in [0, 0.1) is 0 Å². The predicted molar refractivity (Wildman–Crippen MR) is 70.5 cm³/mol. The van der Waals surface area contributed by atoms with E-state index in [2.05, 4.69) is 21.2 Å². The molecule has 0 aliphatic carbocycles. The molecule has 0 aromatic heterocycles. The van der Waals surface area contributed by atoms with Gasteiger partial charge in [-0.2, -0.15) is 0 Å². The molecular formula is C12H16BrNO4. The summed E-state index contributed by atoms with van der Waals surface area (Å²) >= 11 is 3.31. The van der Waals surface area contributed by atoms with Crippen molar-refractivity contribution < 1.29 is 19.4 Å². The first-order chi connectivity index (χ1) is 8.65. The first-order valence-electron chi connectivity index (χ1n) is 5.43. The number of hydrogen-bond donors (Lipinski definition) is 2. The molecule has 18 heavy (non-hydrogen) atoms. The highest BCUT2D eigenvalue weighted by atomic mass is 79.9. The van der Waals surface area contributed by atoms with Crippen LogP contribution in [0.4, 0.5) is 0 Å². The van der Waals surface area contributed by atoms with Crippen LogP contribution in [0.25, 0.3) is 0 Å². The minimum Gasteiger partial charge on any atom is -0.484 e. The number of benzene rings is 1. The maximum Gasteiger partial charge on any atom is 0.258 e. The van der Waals surface area contributed by atoms with Gasteiger partial charge in [-0.3, -0.25) is 4.79 Å². The summed E-state index contributed by atoms with van der Waals surface area (Å²) < 4.78 is 11.1. The van der Waals surface area contributed by atoms with E-state index in [1.165, 1.54) is 7.11 Å². The Morgan fingerprint density at radius 1 is 1.44 bits per heavy atom. The molecule has 0 spiro atoms. The maximum atomic E-state index is 11.5. The molecule has 6 heteroatoms. The summed E-state index contributed by atoms with van der Waals surface area (Å²) in [4.78, 5) is 11.5. The Balaban J connectivity index is 2.34. The number of nitrogens with one attached hydrogen (secondary N) is 1. The molecule has 1 unspecified atom stereocenters. The monoisotopic (exact) mass is 317 g/mol. The van der Waals surface area contributed by atoms with Gasteiger partial charge in [0.05, 0.1) is 19.3 Å². The molecule has 0 radical (unpaired) electrons. The molecule has 0 heterocycles. The zero-order valence-electron chi connectivity index (χ0n) is 10.1. The lowest BCUT2D eigenvalue weighted by atomic mass is 10.3. The molecule has 0 fully saturated rings. The van der Waals surface area contributed by atoms with Crippen LogP contribution in [0.2, 0.25) is 0 Å². The molecule has 0 aliphatic heterocycles. The van der Waals surface area contributed by atoms with Crippen LogP contribution in [0.1, 0.15) is 0 Å². The van der Waals surface area contributed by atoms with Crippen LogP contribution in [0.5, 0.6) is 5.75 Å². The van der Waals surface area contributed by atoms with Crippen LogP contribution in [-0.4, -0.2) is 44.0 Å². The van der Waals surface area contributed by atoms with Crippen LogP contribution in [-0.2, 0) is 9.53 Å². The Labute approximate surface area is 114 Å². The summed E-state index contributed by atoms with van der Waals surface area (Å²) in [5.74, 6) is 0.314. The van der Waals surface area contributed by atoms with Gasteiger partial charge in [0.2, 0.25) is 0 Å². The van der Waals surface area contributed by atoms with E-state index in [0.717, 1.165) is 4.47 Å². The van der Waals surface area contributed by atoms with Gasteiger partial charge in [0.25, 0.3) is 5.91 Å². The quantitative estimate of drug-likeness (QED) is 0.785. The fourth-order valence-corrected chi connectivity index (χ4v) is 1.55. The molecular weight excluding hydrogens is 302 g/mol. The number of methoxy groups -OCH3 is 1. The van der Waals surface area contributed by atoms with Crippen LogP contribution >= 0.6 is 15.9 Å². The standard InChI is InChI=1S/C12H16BrNO4/c1-17-7-10(6-15)14-12(16)8-18-11-4-2-9(13)3-5-11/h2-5,10,15H,6-8H2,1H3,(H,14,16). The van der Waals surface area contributed by atoms with E-state index < -0.39 is 6.04 Å². The van der Waals surface area contributed by atoms with Crippen molar-refractivity contribution in [1.29, 1.82) is 0 Å². The fraction of sp³-hybridized carbons (Fsp3) is 0.417. The summed E-state index contributed by atoms with van der Waals surface area (Å²) in [6.07, 6.45) is 0. The Morgan fingerprint density at radius 2 is 2.11 bits per heavy atom. The van der Waals surface area contributed by atoms with E-state index >= 15 is 0 Å². The lowest BCUT2D eigenvalue weighted by Crippen LogP contribution is -2.42. The van der Waals surface area contributed by atoms with Crippen molar-refractivity contribution in [2.24, 2.45) is 0 Å². The number of rotatable bonds is 7. The summed E-state index contributed by atoms with van der Waals surface area (Å²) in [6, 6.07) is 6.77. The molecule has 100 valence electrons. The van der Waals surface area contributed by atoms with Crippen molar-refractivity contribution in [2.75, 3.05) is 26.9 Å². The molecule has 5 nitrogen and oxygen atoms in total. The summed E-state index contributed by atoms with van der Waals surface area (Å²) in [5.41, 5.74) is 0. The molecule has 1 amide bonds. The van der Waals surface area contributed by atoms with Crippen molar-refractivity contribution in [1.82, 2.24) is 5.32 Å². The van der Waals surface area contributed by atoms with Crippen LogP contribution < -0.4 is 10.1 Å². The largest absolute Gasteiger partial charge is 0.484 e. The van der Waals surface area contributed by atoms with Crippen molar-refractivity contribution in [3.63, 3.8) is 0 Å². The third kappa shape index (κ3) is 5.48. The highest BCUT2D eigenvalue weighted by molar-refractivity contribution is 9.10. The average molecular weight is 318 g/mol. The van der Waals surface area contributed by atoms with E-state index in [1.807, 2.05) is 12.1 Å². The summed E-state index contributed by atoms with van der Waals surface area (Å²) in [5, 5.41) is 11.6. The number of halogens is 1. The van der Waals surface area contributed by atoms with Gasteiger partial charge in [-0.05, 0) is 24.3 Å².